The summed E-state index contributed by atoms with van der Waals surface area (Å²) in [6, 6.07) is 77.0. The van der Waals surface area contributed by atoms with Crippen LogP contribution in [0, 0.1) is 0 Å². The predicted molar refractivity (Wildman–Crippen MR) is 269 cm³/mol. The van der Waals surface area contributed by atoms with Crippen LogP contribution in [0.1, 0.15) is 12.7 Å². The van der Waals surface area contributed by atoms with Crippen LogP contribution >= 0.6 is 0 Å². The Hall–Kier alpha value is -8.54. The van der Waals surface area contributed by atoms with E-state index in [2.05, 4.69) is 206 Å². The maximum atomic E-state index is 5.34. The summed E-state index contributed by atoms with van der Waals surface area (Å²) in [6.07, 6.45) is 0.810. The fourth-order valence-corrected chi connectivity index (χ4v) is 9.27. The molecule has 5 nitrogen and oxygen atoms in total. The lowest BCUT2D eigenvalue weighted by atomic mass is 9.96. The largest absolute Gasteiger partial charge is 0.296 e. The first-order valence-corrected chi connectivity index (χ1v) is 22.2. The molecule has 0 aliphatic rings. The van der Waals surface area contributed by atoms with Gasteiger partial charge in [-0.1, -0.05) is 183 Å². The molecule has 0 spiro atoms. The Morgan fingerprint density at radius 1 is 0.385 bits per heavy atom. The van der Waals surface area contributed by atoms with Gasteiger partial charge in [0.15, 0.2) is 5.82 Å². The number of rotatable bonds is 8. The molecule has 0 radical (unpaired) electrons. The van der Waals surface area contributed by atoms with Crippen molar-refractivity contribution in [3.05, 3.63) is 224 Å². The molecule has 5 heteroatoms. The molecule has 0 saturated carbocycles. The normalized spacial score (nSPS) is 11.5. The minimum Gasteiger partial charge on any atom is -0.296 e. The number of nitrogens with zero attached hydrogens (tertiary/aromatic N) is 5. The summed E-state index contributed by atoms with van der Waals surface area (Å²) in [7, 11) is 0. The van der Waals surface area contributed by atoms with Gasteiger partial charge in [0, 0.05) is 45.1 Å². The fourth-order valence-electron chi connectivity index (χ4n) is 9.27. The molecule has 65 heavy (non-hydrogen) atoms. The Morgan fingerprint density at radius 2 is 0.923 bits per heavy atom. The number of aromatic nitrogens is 5. The SMILES string of the molecule is CCc1nc2c3c(-c4ccc(-c5ccc6cc(-c7cc(-c8ccc(-c9ccccc9)cc8)nc(-c8ccccc8)n7)ccc6c5)cc4)nc4ccccc4c3ccc2n1-c1ccccc1. The molecule has 0 unspecified atom stereocenters. The highest BCUT2D eigenvalue weighted by atomic mass is 15.1. The molecule has 0 saturated heterocycles. The van der Waals surface area contributed by atoms with Gasteiger partial charge in [0.2, 0.25) is 0 Å². The van der Waals surface area contributed by atoms with Gasteiger partial charge < -0.3 is 0 Å². The predicted octanol–water partition coefficient (Wildman–Crippen LogP) is 15.2. The number of para-hydroxylation sites is 2. The summed E-state index contributed by atoms with van der Waals surface area (Å²) in [5.41, 5.74) is 15.6. The van der Waals surface area contributed by atoms with E-state index >= 15 is 0 Å². The second-order valence-electron chi connectivity index (χ2n) is 16.5. The lowest BCUT2D eigenvalue weighted by Gasteiger charge is -2.13. The molecule has 0 amide bonds. The van der Waals surface area contributed by atoms with Gasteiger partial charge in [0.1, 0.15) is 5.82 Å². The van der Waals surface area contributed by atoms with E-state index in [0.717, 1.165) is 112 Å². The third-order valence-electron chi connectivity index (χ3n) is 12.6. The van der Waals surface area contributed by atoms with Gasteiger partial charge in [-0.25, -0.2) is 19.9 Å². The zero-order chi connectivity index (χ0) is 43.3. The third-order valence-corrected chi connectivity index (χ3v) is 12.6. The maximum Gasteiger partial charge on any atom is 0.160 e. The first kappa shape index (κ1) is 38.2. The number of benzene rings is 9. The summed E-state index contributed by atoms with van der Waals surface area (Å²) in [5, 5.41) is 5.67. The van der Waals surface area contributed by atoms with E-state index in [1.54, 1.807) is 0 Å². The lowest BCUT2D eigenvalue weighted by Crippen LogP contribution is -1.99. The molecule has 3 aromatic heterocycles. The summed E-state index contributed by atoms with van der Waals surface area (Å²) in [4.78, 5) is 20.9. The van der Waals surface area contributed by atoms with E-state index in [1.807, 2.05) is 24.3 Å². The second-order valence-corrected chi connectivity index (χ2v) is 16.5. The van der Waals surface area contributed by atoms with Gasteiger partial charge in [-0.3, -0.25) is 4.57 Å². The molecule has 3 heterocycles. The van der Waals surface area contributed by atoms with Gasteiger partial charge in [-0.15, -0.1) is 0 Å². The molecule has 0 fully saturated rings. The van der Waals surface area contributed by atoms with Crippen LogP contribution in [-0.4, -0.2) is 24.5 Å². The average Bonchev–Trinajstić information content (AvgIpc) is 3.78. The van der Waals surface area contributed by atoms with E-state index in [9.17, 15) is 0 Å². The van der Waals surface area contributed by atoms with Gasteiger partial charge in [-0.05, 0) is 80.9 Å². The van der Waals surface area contributed by atoms with E-state index in [4.69, 9.17) is 19.9 Å². The monoisotopic (exact) mass is 831 g/mol. The van der Waals surface area contributed by atoms with E-state index < -0.39 is 0 Å². The van der Waals surface area contributed by atoms with Crippen molar-refractivity contribution in [1.29, 1.82) is 0 Å². The number of hydrogen-bond acceptors (Lipinski definition) is 4. The Labute approximate surface area is 377 Å². The molecular formula is C60H41N5. The number of pyridine rings is 1. The highest BCUT2D eigenvalue weighted by molar-refractivity contribution is 6.20. The van der Waals surface area contributed by atoms with Crippen LogP contribution in [0.4, 0.5) is 0 Å². The van der Waals surface area contributed by atoms with Crippen LogP contribution in [0.2, 0.25) is 0 Å². The van der Waals surface area contributed by atoms with Crippen molar-refractivity contribution in [2.45, 2.75) is 13.3 Å². The summed E-state index contributed by atoms with van der Waals surface area (Å²) in [6.45, 7) is 2.17. The first-order valence-electron chi connectivity index (χ1n) is 22.2. The Morgan fingerprint density at radius 3 is 1.63 bits per heavy atom. The van der Waals surface area contributed by atoms with Crippen molar-refractivity contribution in [3.63, 3.8) is 0 Å². The number of aryl methyl sites for hydroxylation is 1. The molecule has 0 aliphatic heterocycles. The Kier molecular flexibility index (Phi) is 9.38. The van der Waals surface area contributed by atoms with Crippen LogP contribution < -0.4 is 0 Å². The molecule has 12 rings (SSSR count). The lowest BCUT2D eigenvalue weighted by molar-refractivity contribution is 0.908. The molecule has 12 aromatic rings. The van der Waals surface area contributed by atoms with Gasteiger partial charge >= 0.3 is 0 Å². The van der Waals surface area contributed by atoms with Crippen LogP contribution in [0.25, 0.3) is 117 Å². The molecular weight excluding hydrogens is 791 g/mol. The molecule has 0 atom stereocenters. The quantitative estimate of drug-likeness (QED) is 0.143. The summed E-state index contributed by atoms with van der Waals surface area (Å²) < 4.78 is 2.29. The molecule has 306 valence electrons. The fraction of sp³-hybridized carbons (Fsp3) is 0.0333. The summed E-state index contributed by atoms with van der Waals surface area (Å²) in [5.74, 6) is 1.73. The Balaban J connectivity index is 0.901. The van der Waals surface area contributed by atoms with Crippen LogP contribution in [0.5, 0.6) is 0 Å². The van der Waals surface area contributed by atoms with Gasteiger partial charge in [-0.2, -0.15) is 0 Å². The van der Waals surface area contributed by atoms with Crippen LogP contribution in [0.3, 0.4) is 0 Å². The highest BCUT2D eigenvalue weighted by Crippen LogP contribution is 2.39. The smallest absolute Gasteiger partial charge is 0.160 e. The topological polar surface area (TPSA) is 56.5 Å². The number of hydrogen-bond donors (Lipinski definition) is 0. The average molecular weight is 832 g/mol. The van der Waals surface area contributed by atoms with Gasteiger partial charge in [0.25, 0.3) is 0 Å². The van der Waals surface area contributed by atoms with Crippen molar-refractivity contribution < 1.29 is 0 Å². The summed E-state index contributed by atoms with van der Waals surface area (Å²) >= 11 is 0. The zero-order valence-electron chi connectivity index (χ0n) is 35.7. The zero-order valence-corrected chi connectivity index (χ0v) is 35.7. The number of fused-ring (bicyclic) bond motifs is 6. The minimum atomic E-state index is 0.702. The second kappa shape index (κ2) is 16.0. The van der Waals surface area contributed by atoms with Crippen molar-refractivity contribution >= 4 is 43.5 Å². The van der Waals surface area contributed by atoms with Crippen molar-refractivity contribution in [2.75, 3.05) is 0 Å². The maximum absolute atomic E-state index is 5.34. The van der Waals surface area contributed by atoms with E-state index in [-0.39, 0.29) is 0 Å². The molecule has 0 aliphatic carbocycles. The molecule has 0 N–H and O–H groups in total. The van der Waals surface area contributed by atoms with Crippen molar-refractivity contribution in [1.82, 2.24) is 24.5 Å². The number of imidazole rings is 1. The first-order chi connectivity index (χ1) is 32.1. The molecule has 0 bridgehead atoms. The van der Waals surface area contributed by atoms with Crippen molar-refractivity contribution in [2.24, 2.45) is 0 Å². The highest BCUT2D eigenvalue weighted by Gasteiger charge is 2.20. The molecule has 9 aromatic carbocycles. The minimum absolute atomic E-state index is 0.702. The van der Waals surface area contributed by atoms with Crippen LogP contribution in [-0.2, 0) is 6.42 Å². The van der Waals surface area contributed by atoms with E-state index in [0.29, 0.717) is 5.82 Å². The Bertz CT molecular complexity index is 3710. The van der Waals surface area contributed by atoms with E-state index in [1.165, 1.54) is 11.1 Å². The third kappa shape index (κ3) is 6.91. The van der Waals surface area contributed by atoms with Gasteiger partial charge in [0.05, 0.1) is 33.6 Å². The van der Waals surface area contributed by atoms with Crippen molar-refractivity contribution in [3.8, 4) is 73.1 Å². The standard InChI is InChI=1S/C60H41N5/c1-2-56-64-59-55(65(56)49-18-10-5-11-19-49)35-34-51-50-20-12-13-21-52(50)61-58(57(51)59)43-28-24-41(25-29-43)45-30-31-47-37-48(33-32-46(47)36-45)54-38-53(62-60(63-54)44-16-8-4-9-17-44)42-26-22-40(23-27-42)39-14-6-3-7-15-39/h3-38H,2H2,1H3. The van der Waals surface area contributed by atoms with Crippen LogP contribution in [0.15, 0.2) is 218 Å².